The van der Waals surface area contributed by atoms with Crippen LogP contribution in [0.25, 0.3) is 5.52 Å². The lowest BCUT2D eigenvalue weighted by molar-refractivity contribution is 0.0166. The van der Waals surface area contributed by atoms with Crippen LogP contribution >= 0.6 is 22.6 Å². The van der Waals surface area contributed by atoms with Gasteiger partial charge in [0.05, 0.1) is 36.3 Å². The number of fused-ring (bicyclic) bond motifs is 1. The molecule has 3 rings (SSSR count). The van der Waals surface area contributed by atoms with Gasteiger partial charge in [-0.25, -0.2) is 9.87 Å². The number of hydroxylamine groups is 1. The highest BCUT2D eigenvalue weighted by molar-refractivity contribution is 14.1. The van der Waals surface area contributed by atoms with Gasteiger partial charge in [-0.15, -0.1) is 0 Å². The number of rotatable bonds is 6. The first-order valence-corrected chi connectivity index (χ1v) is 8.49. The third kappa shape index (κ3) is 3.61. The van der Waals surface area contributed by atoms with Crippen molar-refractivity contribution in [3.63, 3.8) is 0 Å². The van der Waals surface area contributed by atoms with Gasteiger partial charge in [0.25, 0.3) is 5.91 Å². The average molecular weight is 474 g/mol. The number of aromatic nitrogens is 2. The van der Waals surface area contributed by atoms with E-state index in [1.807, 2.05) is 28.1 Å². The monoisotopic (exact) mass is 474 g/mol. The molecular formula is C16H13F2IN4O3. The van der Waals surface area contributed by atoms with Gasteiger partial charge in [0.1, 0.15) is 11.4 Å². The van der Waals surface area contributed by atoms with Gasteiger partial charge in [0.2, 0.25) is 5.95 Å². The topological polar surface area (TPSA) is 87.9 Å². The molecule has 0 aliphatic carbocycles. The second kappa shape index (κ2) is 7.93. The molecule has 0 bridgehead atoms. The Labute approximate surface area is 160 Å². The summed E-state index contributed by atoms with van der Waals surface area (Å²) in [7, 11) is 0. The Hall–Kier alpha value is -2.31. The van der Waals surface area contributed by atoms with E-state index in [1.165, 1.54) is 30.7 Å². The van der Waals surface area contributed by atoms with Crippen LogP contribution in [0, 0.1) is 15.3 Å². The molecule has 0 aliphatic rings. The van der Waals surface area contributed by atoms with Crippen LogP contribution in [-0.2, 0) is 4.84 Å². The molecule has 3 N–H and O–H groups in total. The Bertz CT molecular complexity index is 964. The molecule has 2 heterocycles. The van der Waals surface area contributed by atoms with E-state index in [9.17, 15) is 13.6 Å². The number of hydrogen-bond donors (Lipinski definition) is 3. The maximum atomic E-state index is 14.8. The van der Waals surface area contributed by atoms with Crippen LogP contribution in [0.2, 0.25) is 0 Å². The van der Waals surface area contributed by atoms with Crippen molar-refractivity contribution in [2.75, 3.05) is 18.5 Å². The SMILES string of the molecule is O=C(NOCCO)c1c(Nc2ccc(I)cc2F)c2cnccn2c1F. The second-order valence-electron chi connectivity index (χ2n) is 5.12. The quantitative estimate of drug-likeness (QED) is 0.291. The first-order valence-electron chi connectivity index (χ1n) is 7.41. The van der Waals surface area contributed by atoms with E-state index >= 15 is 0 Å². The lowest BCUT2D eigenvalue weighted by Crippen LogP contribution is -2.26. The molecule has 0 unspecified atom stereocenters. The van der Waals surface area contributed by atoms with Gasteiger partial charge in [-0.05, 0) is 40.8 Å². The summed E-state index contributed by atoms with van der Waals surface area (Å²) in [6, 6.07) is 4.46. The number of benzene rings is 1. The summed E-state index contributed by atoms with van der Waals surface area (Å²) in [5, 5.41) is 11.5. The summed E-state index contributed by atoms with van der Waals surface area (Å²) >= 11 is 1.96. The van der Waals surface area contributed by atoms with Crippen LogP contribution in [0.4, 0.5) is 20.2 Å². The van der Waals surface area contributed by atoms with E-state index in [1.54, 1.807) is 6.07 Å². The molecule has 0 radical (unpaired) electrons. The maximum absolute atomic E-state index is 14.8. The number of nitrogens with one attached hydrogen (secondary N) is 2. The Kier molecular flexibility index (Phi) is 5.64. The maximum Gasteiger partial charge on any atom is 0.281 e. The summed E-state index contributed by atoms with van der Waals surface area (Å²) in [4.78, 5) is 21.0. The molecule has 0 saturated carbocycles. The molecule has 0 atom stereocenters. The van der Waals surface area contributed by atoms with Crippen molar-refractivity contribution < 1.29 is 23.5 Å². The second-order valence-corrected chi connectivity index (χ2v) is 6.37. The van der Waals surface area contributed by atoms with Gasteiger partial charge in [-0.3, -0.25) is 19.0 Å². The zero-order valence-electron chi connectivity index (χ0n) is 13.2. The molecule has 0 saturated heterocycles. The molecule has 136 valence electrons. The van der Waals surface area contributed by atoms with Gasteiger partial charge in [0.15, 0.2) is 0 Å². The van der Waals surface area contributed by atoms with E-state index < -0.39 is 17.7 Å². The summed E-state index contributed by atoms with van der Waals surface area (Å²) < 4.78 is 30.7. The Morgan fingerprint density at radius 2 is 2.19 bits per heavy atom. The van der Waals surface area contributed by atoms with Crippen molar-refractivity contribution in [2.24, 2.45) is 0 Å². The van der Waals surface area contributed by atoms with E-state index in [0.29, 0.717) is 3.57 Å². The Morgan fingerprint density at radius 3 is 2.92 bits per heavy atom. The number of carbonyl (C=O) groups is 1. The molecule has 1 amide bonds. The summed E-state index contributed by atoms with van der Waals surface area (Å²) in [6.45, 7) is -0.472. The van der Waals surface area contributed by atoms with Crippen molar-refractivity contribution >= 4 is 45.4 Å². The van der Waals surface area contributed by atoms with E-state index in [4.69, 9.17) is 9.94 Å². The predicted molar refractivity (Wildman–Crippen MR) is 98.1 cm³/mol. The molecular weight excluding hydrogens is 461 g/mol. The van der Waals surface area contributed by atoms with E-state index in [0.717, 1.165) is 4.40 Å². The summed E-state index contributed by atoms with van der Waals surface area (Å²) in [5.41, 5.74) is 2.04. The largest absolute Gasteiger partial charge is 0.394 e. The molecule has 0 fully saturated rings. The number of hydrogen-bond acceptors (Lipinski definition) is 5. The zero-order valence-corrected chi connectivity index (χ0v) is 15.3. The highest BCUT2D eigenvalue weighted by Crippen LogP contribution is 2.31. The van der Waals surface area contributed by atoms with Gasteiger partial charge in [-0.1, -0.05) is 0 Å². The van der Waals surface area contributed by atoms with Crippen LogP contribution in [0.1, 0.15) is 10.4 Å². The van der Waals surface area contributed by atoms with Crippen LogP contribution in [0.3, 0.4) is 0 Å². The highest BCUT2D eigenvalue weighted by atomic mass is 127. The zero-order chi connectivity index (χ0) is 18.7. The fraction of sp³-hybridized carbons (Fsp3) is 0.125. The number of aliphatic hydroxyl groups is 1. The van der Waals surface area contributed by atoms with Crippen molar-refractivity contribution in [1.82, 2.24) is 14.9 Å². The van der Waals surface area contributed by atoms with Crippen LogP contribution in [0.15, 0.2) is 36.8 Å². The third-order valence-corrected chi connectivity index (χ3v) is 4.13. The van der Waals surface area contributed by atoms with Crippen LogP contribution in [0.5, 0.6) is 0 Å². The average Bonchev–Trinajstić information content (AvgIpc) is 2.90. The molecule has 7 nitrogen and oxygen atoms in total. The molecule has 10 heteroatoms. The molecule has 1 aromatic carbocycles. The first kappa shape index (κ1) is 18.5. The molecule has 0 spiro atoms. The molecule has 26 heavy (non-hydrogen) atoms. The molecule has 3 aromatic rings. The van der Waals surface area contributed by atoms with Crippen LogP contribution in [-0.4, -0.2) is 33.6 Å². The first-order chi connectivity index (χ1) is 12.5. The third-order valence-electron chi connectivity index (χ3n) is 3.46. The minimum Gasteiger partial charge on any atom is -0.394 e. The fourth-order valence-corrected chi connectivity index (χ4v) is 2.79. The van der Waals surface area contributed by atoms with E-state index in [-0.39, 0.29) is 35.7 Å². The highest BCUT2D eigenvalue weighted by Gasteiger charge is 2.25. The number of amides is 1. The lowest BCUT2D eigenvalue weighted by atomic mass is 10.2. The molecule has 2 aromatic heterocycles. The standard InChI is InChI=1S/C16H13F2IN4O3/c17-10-7-9(19)1-2-11(10)21-14-12-8-20-3-4-23(12)15(18)13(14)16(25)22-26-6-5-24/h1-4,7-8,21,24H,5-6H2,(H,22,25). The lowest BCUT2D eigenvalue weighted by Gasteiger charge is -2.10. The minimum absolute atomic E-state index is 0.0424. The van der Waals surface area contributed by atoms with Gasteiger partial charge in [0, 0.05) is 16.0 Å². The minimum atomic E-state index is -0.881. The number of nitrogens with zero attached hydrogens (tertiary/aromatic N) is 2. The van der Waals surface area contributed by atoms with Crippen LogP contribution < -0.4 is 10.8 Å². The smallest absolute Gasteiger partial charge is 0.281 e. The van der Waals surface area contributed by atoms with Gasteiger partial charge < -0.3 is 10.4 Å². The van der Waals surface area contributed by atoms with E-state index in [2.05, 4.69) is 10.3 Å². The number of halogens is 3. The van der Waals surface area contributed by atoms with Crippen molar-refractivity contribution in [3.8, 4) is 0 Å². The Morgan fingerprint density at radius 1 is 1.38 bits per heavy atom. The van der Waals surface area contributed by atoms with Crippen molar-refractivity contribution in [3.05, 3.63) is 57.7 Å². The summed E-state index contributed by atoms with van der Waals surface area (Å²) in [5.74, 6) is -2.29. The number of aliphatic hydroxyl groups excluding tert-OH is 1. The summed E-state index contributed by atoms with van der Waals surface area (Å²) in [6.07, 6.45) is 4.04. The number of carbonyl (C=O) groups excluding carboxylic acids is 1. The fourth-order valence-electron chi connectivity index (χ4n) is 2.34. The Balaban J connectivity index is 2.07. The number of anilines is 2. The normalized spacial score (nSPS) is 10.9. The van der Waals surface area contributed by atoms with Gasteiger partial charge >= 0.3 is 0 Å². The molecule has 0 aliphatic heterocycles. The van der Waals surface area contributed by atoms with Crippen molar-refractivity contribution in [1.29, 1.82) is 0 Å². The van der Waals surface area contributed by atoms with Crippen molar-refractivity contribution in [2.45, 2.75) is 0 Å². The van der Waals surface area contributed by atoms with Gasteiger partial charge in [-0.2, -0.15) is 4.39 Å². The predicted octanol–water partition coefficient (Wildman–Crippen LogP) is 2.61.